The van der Waals surface area contributed by atoms with E-state index in [-0.39, 0.29) is 0 Å². The molecule has 0 spiro atoms. The fourth-order valence-corrected chi connectivity index (χ4v) is 23.9. The van der Waals surface area contributed by atoms with Gasteiger partial charge in [-0.2, -0.15) is 4.98 Å². The van der Waals surface area contributed by atoms with Gasteiger partial charge in [0.15, 0.2) is 5.69 Å². The number of benzene rings is 21. The molecule has 0 saturated heterocycles. The van der Waals surface area contributed by atoms with E-state index < -0.39 is 0 Å². The number of rotatable bonds is 6. The van der Waals surface area contributed by atoms with Gasteiger partial charge in [-0.1, -0.05) is 327 Å². The lowest BCUT2D eigenvalue weighted by Crippen LogP contribution is -2.03. The Kier molecular flexibility index (Phi) is 16.0. The SMILES string of the molecule is [C-]#[N+]c1ccc(-c2nc(-n3c4ccccc4c4c5c6cc7ccccc7cc6n6c7ccccc7c(cc43)c56)nc3ccccc23)cc1.[C-]#[N+]c1nc(-n2c3ccccc3c3c4c5cc6ccccc6cc5n5c6ccccc6c(cc32)c45)nc2ccccc12.c1ccc(-c2ccc(-c3nc(-n4c5ccccc5c5c6c7cc8ccccc8cc7n7c8ccccc8c(cc54)c67)nc4ccccc34)cc2)cc1. The molecule has 0 radical (unpaired) electrons. The van der Waals surface area contributed by atoms with Crippen molar-refractivity contribution in [1.29, 1.82) is 0 Å². The van der Waals surface area contributed by atoms with Crippen LogP contribution >= 0.6 is 0 Å². The van der Waals surface area contributed by atoms with Gasteiger partial charge in [-0.3, -0.25) is 13.7 Å². The smallest absolute Gasteiger partial charge is 0.332 e. The van der Waals surface area contributed by atoms with Gasteiger partial charge in [0, 0.05) is 119 Å². The Morgan fingerprint density at radius 1 is 0.176 bits per heavy atom. The van der Waals surface area contributed by atoms with E-state index in [0.717, 1.165) is 93.7 Å². The van der Waals surface area contributed by atoms with Crippen LogP contribution in [-0.2, 0) is 0 Å². The second-order valence-electron chi connectivity index (χ2n) is 37.2. The minimum Gasteiger partial charge on any atom is -0.360 e. The third-order valence-corrected chi connectivity index (χ3v) is 29.9. The molecule has 0 bridgehead atoms. The molecule has 12 aromatic heterocycles. The van der Waals surface area contributed by atoms with E-state index in [1.165, 1.54) is 185 Å². The summed E-state index contributed by atoms with van der Waals surface area (Å²) in [6, 6.07) is 150. The molecule has 33 aromatic rings. The molecule has 33 rings (SSSR count). The maximum absolute atomic E-state index is 7.89. The Morgan fingerprint density at radius 2 is 0.458 bits per heavy atom. The van der Waals surface area contributed by atoms with Crippen molar-refractivity contribution in [1.82, 2.24) is 56.8 Å². The number of para-hydroxylation sites is 9. The van der Waals surface area contributed by atoms with Gasteiger partial charge in [0.25, 0.3) is 5.82 Å². The molecule has 0 aliphatic rings. The maximum atomic E-state index is 7.89. The summed E-state index contributed by atoms with van der Waals surface area (Å²) in [6.07, 6.45) is 0. The zero-order valence-corrected chi connectivity index (χ0v) is 75.7. The van der Waals surface area contributed by atoms with Crippen molar-refractivity contribution in [3.05, 3.63) is 447 Å². The lowest BCUT2D eigenvalue weighted by Gasteiger charge is -2.12. The molecule has 652 valence electrons. The van der Waals surface area contributed by atoms with Crippen LogP contribution in [0.25, 0.3) is 306 Å². The average Bonchev–Trinajstić information content (AvgIpc) is 1.52. The molecule has 0 amide bonds. The van der Waals surface area contributed by atoms with Gasteiger partial charge in [0.05, 0.1) is 117 Å². The minimum absolute atomic E-state index is 0.362. The second-order valence-corrected chi connectivity index (χ2v) is 37.2. The Labute approximate surface area is 806 Å². The quantitative estimate of drug-likeness (QED) is 0.153. The molecular weight excluding hydrogens is 1730 g/mol. The van der Waals surface area contributed by atoms with Crippen LogP contribution in [0.2, 0.25) is 0 Å². The van der Waals surface area contributed by atoms with Crippen LogP contribution in [0, 0.1) is 13.1 Å². The standard InChI is InChI=1S/C48H28N4.C43H23N5.C37H19N5/c1-2-12-29(13-3-1)30-22-24-31(25-23-30)46-35-17-6-9-19-39(35)49-48(50-46)52-41-21-11-8-18-36(41)44-43(52)28-37-34-16-7-10-20-40(34)51-42-27-33-15-5-4-14-32(33)26-38(42)45(44)47(37)51;1-44-28-20-18-25(19-21-28)41-30-13-4-7-15-34(30)45-43(46-41)48-36-17-9-6-14-31(36)39-38(48)24-32-29-12-5-8-16-35(29)47-37-23-27-11-3-2-10-26(27)22-33(37)40(39)42(32)47;1-38-36-24-13-4-7-15-28(24)39-37(40-36)42-30-17-9-6-14-25(30)33-32(42)20-26-23-12-5-8-16-29(23)41-31-19-22-11-3-2-10-21(22)18-27(31)34(33)35(26)41/h1-28H;2-24H;2-20H. The van der Waals surface area contributed by atoms with Crippen molar-refractivity contribution in [2.45, 2.75) is 0 Å². The molecule has 0 unspecified atom stereocenters. The van der Waals surface area contributed by atoms with Crippen molar-refractivity contribution >= 4 is 256 Å². The summed E-state index contributed by atoms with van der Waals surface area (Å²) in [6.45, 7) is 15.3. The lowest BCUT2D eigenvalue weighted by atomic mass is 10.0. The predicted molar refractivity (Wildman–Crippen MR) is 587 cm³/mol. The van der Waals surface area contributed by atoms with E-state index in [0.29, 0.717) is 29.4 Å². The highest BCUT2D eigenvalue weighted by molar-refractivity contribution is 6.40. The van der Waals surface area contributed by atoms with Crippen LogP contribution in [0.4, 0.5) is 11.5 Å². The molecule has 21 aromatic carbocycles. The summed E-state index contributed by atoms with van der Waals surface area (Å²) in [5.41, 5.74) is 26.7. The number of hydrogen-bond donors (Lipinski definition) is 0. The fourth-order valence-electron chi connectivity index (χ4n) is 23.9. The molecule has 0 fully saturated rings. The van der Waals surface area contributed by atoms with Gasteiger partial charge in [-0.15, -0.1) is 0 Å². The van der Waals surface area contributed by atoms with Gasteiger partial charge >= 0.3 is 5.95 Å². The summed E-state index contributed by atoms with van der Waals surface area (Å²) in [7, 11) is 0. The van der Waals surface area contributed by atoms with Crippen LogP contribution in [-0.4, -0.2) is 56.8 Å². The van der Waals surface area contributed by atoms with E-state index in [1.807, 2.05) is 60.7 Å². The van der Waals surface area contributed by atoms with Gasteiger partial charge in [-0.25, -0.2) is 24.8 Å². The molecular formula is C128H70N14. The number of nitrogens with zero attached hydrogens (tertiary/aromatic N) is 14. The Bertz CT molecular complexity index is 11400. The molecule has 0 N–H and O–H groups in total. The fraction of sp³-hybridized carbons (Fsp3) is 0. The molecule has 0 aliphatic heterocycles. The van der Waals surface area contributed by atoms with Gasteiger partial charge in [0.1, 0.15) is 0 Å². The average molecular weight is 1800 g/mol. The first-order valence-corrected chi connectivity index (χ1v) is 47.8. The zero-order valence-electron chi connectivity index (χ0n) is 75.7. The van der Waals surface area contributed by atoms with Crippen molar-refractivity contribution in [2.24, 2.45) is 0 Å². The van der Waals surface area contributed by atoms with Crippen LogP contribution in [0.3, 0.4) is 0 Å². The first kappa shape index (κ1) is 77.5. The highest BCUT2D eigenvalue weighted by Crippen LogP contribution is 2.53. The molecule has 12 heterocycles. The molecule has 0 saturated carbocycles. The van der Waals surface area contributed by atoms with Crippen LogP contribution in [0.15, 0.2) is 425 Å². The van der Waals surface area contributed by atoms with Crippen molar-refractivity contribution in [2.75, 3.05) is 0 Å². The molecule has 0 atom stereocenters. The third-order valence-electron chi connectivity index (χ3n) is 29.9. The molecule has 0 aliphatic carbocycles. The lowest BCUT2D eigenvalue weighted by molar-refractivity contribution is 1.01. The van der Waals surface area contributed by atoms with Crippen molar-refractivity contribution < 1.29 is 0 Å². The van der Waals surface area contributed by atoms with Crippen LogP contribution < -0.4 is 0 Å². The predicted octanol–water partition coefficient (Wildman–Crippen LogP) is 33.2. The Morgan fingerprint density at radius 3 is 0.824 bits per heavy atom. The summed E-state index contributed by atoms with van der Waals surface area (Å²) < 4.78 is 14.1. The topological polar surface area (TPSA) is 114 Å². The summed E-state index contributed by atoms with van der Waals surface area (Å²) in [5, 5.41) is 32.1. The van der Waals surface area contributed by atoms with Crippen molar-refractivity contribution in [3.63, 3.8) is 0 Å². The maximum Gasteiger partial charge on any atom is 0.332 e. The molecule has 14 heteroatoms. The first-order valence-electron chi connectivity index (χ1n) is 47.8. The number of hydrogen-bond acceptors (Lipinski definition) is 6. The van der Waals surface area contributed by atoms with Gasteiger partial charge < -0.3 is 18.0 Å². The minimum atomic E-state index is 0.362. The summed E-state index contributed by atoms with van der Waals surface area (Å²) in [5.74, 6) is 2.16. The number of aromatic nitrogens is 12. The summed E-state index contributed by atoms with van der Waals surface area (Å²) in [4.78, 5) is 38.5. The normalized spacial score (nSPS) is 12.2. The van der Waals surface area contributed by atoms with E-state index in [9.17, 15) is 0 Å². The van der Waals surface area contributed by atoms with Crippen LogP contribution in [0.5, 0.6) is 0 Å². The third kappa shape index (κ3) is 10.9. The molecule has 142 heavy (non-hydrogen) atoms. The van der Waals surface area contributed by atoms with E-state index in [1.54, 1.807) is 0 Å². The van der Waals surface area contributed by atoms with E-state index in [4.69, 9.17) is 43.0 Å². The first-order chi connectivity index (χ1) is 70.4. The summed E-state index contributed by atoms with van der Waals surface area (Å²) >= 11 is 0. The number of fused-ring (bicyclic) bond motifs is 36. The monoisotopic (exact) mass is 1800 g/mol. The van der Waals surface area contributed by atoms with E-state index in [2.05, 4.69) is 401 Å². The van der Waals surface area contributed by atoms with Gasteiger partial charge in [-0.05, 0) is 158 Å². The molecule has 14 nitrogen and oxygen atoms in total. The Balaban J connectivity index is 0.0000000982. The van der Waals surface area contributed by atoms with Gasteiger partial charge in [0.2, 0.25) is 11.9 Å². The highest BCUT2D eigenvalue weighted by atomic mass is 15.2. The highest BCUT2D eigenvalue weighted by Gasteiger charge is 2.32. The van der Waals surface area contributed by atoms with Crippen molar-refractivity contribution in [3.8, 4) is 51.5 Å². The van der Waals surface area contributed by atoms with E-state index >= 15 is 0 Å². The zero-order chi connectivity index (χ0) is 93.0. The Hall–Kier alpha value is -19.8. The largest absolute Gasteiger partial charge is 0.360 e. The second kappa shape index (κ2) is 29.4. The van der Waals surface area contributed by atoms with Crippen LogP contribution in [0.1, 0.15) is 0 Å².